The SMILES string of the molecule is CC(C)=C=C(C)C(C)=C(C)C. The molecule has 0 heteroatoms. The van der Waals surface area contributed by atoms with Crippen LogP contribution in [0.25, 0.3) is 0 Å². The molecule has 0 fully saturated rings. The Labute approximate surface area is 70.3 Å². The third-order valence-electron chi connectivity index (χ3n) is 1.75. The van der Waals surface area contributed by atoms with E-state index in [0.717, 1.165) is 0 Å². The molecule has 0 spiro atoms. The summed E-state index contributed by atoms with van der Waals surface area (Å²) in [6.07, 6.45) is 0. The van der Waals surface area contributed by atoms with Gasteiger partial charge in [0, 0.05) is 0 Å². The second-order valence-corrected chi connectivity index (χ2v) is 3.38. The zero-order valence-electron chi connectivity index (χ0n) is 8.50. The van der Waals surface area contributed by atoms with Crippen LogP contribution in [-0.4, -0.2) is 0 Å². The quantitative estimate of drug-likeness (QED) is 0.393. The first kappa shape index (κ1) is 10.3. The average molecular weight is 150 g/mol. The first-order valence-electron chi connectivity index (χ1n) is 4.00. The zero-order chi connectivity index (χ0) is 9.02. The largest absolute Gasteiger partial charge is 0.119 e. The van der Waals surface area contributed by atoms with Gasteiger partial charge < -0.3 is 0 Å². The van der Waals surface area contributed by atoms with Gasteiger partial charge in [0.2, 0.25) is 0 Å². The van der Waals surface area contributed by atoms with Crippen molar-refractivity contribution in [2.45, 2.75) is 41.5 Å². The average Bonchev–Trinajstić information content (AvgIpc) is 1.84. The molecular formula is C11H18. The summed E-state index contributed by atoms with van der Waals surface area (Å²) in [7, 11) is 0. The van der Waals surface area contributed by atoms with Crippen LogP contribution in [0, 0.1) is 0 Å². The first-order chi connectivity index (χ1) is 4.95. The molecule has 0 aliphatic rings. The summed E-state index contributed by atoms with van der Waals surface area (Å²) in [5.41, 5.74) is 8.52. The van der Waals surface area contributed by atoms with Crippen molar-refractivity contribution in [3.05, 3.63) is 28.0 Å². The highest BCUT2D eigenvalue weighted by Gasteiger charge is 1.92. The Kier molecular flexibility index (Phi) is 3.92. The van der Waals surface area contributed by atoms with Gasteiger partial charge in [-0.2, -0.15) is 0 Å². The summed E-state index contributed by atoms with van der Waals surface area (Å²) in [6.45, 7) is 12.6. The molecule has 0 aromatic carbocycles. The predicted octanol–water partition coefficient (Wildman–Crippen LogP) is 3.85. The lowest BCUT2D eigenvalue weighted by atomic mass is 10.1. The summed E-state index contributed by atoms with van der Waals surface area (Å²) in [4.78, 5) is 0. The van der Waals surface area contributed by atoms with Gasteiger partial charge >= 0.3 is 0 Å². The van der Waals surface area contributed by atoms with Crippen LogP contribution in [0.4, 0.5) is 0 Å². The number of rotatable bonds is 1. The molecule has 0 heterocycles. The van der Waals surface area contributed by atoms with Crippen molar-refractivity contribution in [3.8, 4) is 0 Å². The molecule has 0 N–H and O–H groups in total. The van der Waals surface area contributed by atoms with Crippen molar-refractivity contribution in [1.82, 2.24) is 0 Å². The van der Waals surface area contributed by atoms with Crippen LogP contribution in [0.5, 0.6) is 0 Å². The van der Waals surface area contributed by atoms with Gasteiger partial charge in [-0.1, -0.05) is 5.57 Å². The van der Waals surface area contributed by atoms with Crippen LogP contribution in [-0.2, 0) is 0 Å². The fourth-order valence-electron chi connectivity index (χ4n) is 0.844. The molecule has 62 valence electrons. The Balaban J connectivity index is 4.94. The lowest BCUT2D eigenvalue weighted by Gasteiger charge is -2.00. The Bertz CT molecular complexity index is 225. The molecule has 0 atom stereocenters. The number of hydrogen-bond acceptors (Lipinski definition) is 0. The van der Waals surface area contributed by atoms with E-state index >= 15 is 0 Å². The van der Waals surface area contributed by atoms with E-state index in [1.54, 1.807) is 0 Å². The third-order valence-corrected chi connectivity index (χ3v) is 1.75. The minimum atomic E-state index is 1.24. The third kappa shape index (κ3) is 3.85. The Hall–Kier alpha value is -0.740. The van der Waals surface area contributed by atoms with E-state index in [4.69, 9.17) is 0 Å². The summed E-state index contributed by atoms with van der Waals surface area (Å²) < 4.78 is 0. The van der Waals surface area contributed by atoms with E-state index in [-0.39, 0.29) is 0 Å². The minimum absolute atomic E-state index is 1.24. The van der Waals surface area contributed by atoms with Crippen molar-refractivity contribution in [2.24, 2.45) is 0 Å². The highest BCUT2D eigenvalue weighted by atomic mass is 14.0. The van der Waals surface area contributed by atoms with Gasteiger partial charge in [0.25, 0.3) is 0 Å². The molecule has 0 aromatic rings. The molecule has 0 aliphatic heterocycles. The molecule has 0 unspecified atom stereocenters. The normalized spacial score (nSPS) is 8.55. The molecule has 0 nitrogen and oxygen atoms in total. The van der Waals surface area contributed by atoms with Gasteiger partial charge in [-0.25, -0.2) is 0 Å². The smallest absolute Gasteiger partial charge is 0.00635 e. The van der Waals surface area contributed by atoms with Crippen LogP contribution in [0.3, 0.4) is 0 Å². The van der Waals surface area contributed by atoms with Crippen LogP contribution in [0.15, 0.2) is 28.0 Å². The van der Waals surface area contributed by atoms with Crippen molar-refractivity contribution >= 4 is 0 Å². The number of allylic oxidation sites excluding steroid dienone is 3. The standard InChI is InChI=1S/C11H18/c1-8(2)7-10(5)11(6)9(3)4/h1-6H3. The molecule has 0 aliphatic carbocycles. The van der Waals surface area contributed by atoms with Gasteiger partial charge in [-0.15, -0.1) is 5.73 Å². The van der Waals surface area contributed by atoms with E-state index in [1.807, 2.05) is 0 Å². The number of hydrogen-bond donors (Lipinski definition) is 0. The van der Waals surface area contributed by atoms with Crippen LogP contribution in [0.1, 0.15) is 41.5 Å². The van der Waals surface area contributed by atoms with Crippen molar-refractivity contribution in [2.75, 3.05) is 0 Å². The molecule has 0 saturated carbocycles. The van der Waals surface area contributed by atoms with Gasteiger partial charge in [0.05, 0.1) is 0 Å². The van der Waals surface area contributed by atoms with E-state index in [0.29, 0.717) is 0 Å². The van der Waals surface area contributed by atoms with Crippen LogP contribution in [0.2, 0.25) is 0 Å². The van der Waals surface area contributed by atoms with Crippen molar-refractivity contribution in [1.29, 1.82) is 0 Å². The van der Waals surface area contributed by atoms with E-state index in [2.05, 4.69) is 47.3 Å². The minimum Gasteiger partial charge on any atom is -0.119 e. The monoisotopic (exact) mass is 150 g/mol. The molecule has 0 bridgehead atoms. The maximum Gasteiger partial charge on any atom is -0.00635 e. The fraction of sp³-hybridized carbons (Fsp3) is 0.545. The Morgan fingerprint density at radius 1 is 0.818 bits per heavy atom. The van der Waals surface area contributed by atoms with Crippen molar-refractivity contribution < 1.29 is 0 Å². The lowest BCUT2D eigenvalue weighted by molar-refractivity contribution is 1.22. The highest BCUT2D eigenvalue weighted by molar-refractivity contribution is 5.30. The first-order valence-corrected chi connectivity index (χ1v) is 4.00. The second-order valence-electron chi connectivity index (χ2n) is 3.38. The topological polar surface area (TPSA) is 0 Å². The van der Waals surface area contributed by atoms with Gasteiger partial charge in [-0.3, -0.25) is 0 Å². The molecule has 0 aromatic heterocycles. The summed E-state index contributed by atoms with van der Waals surface area (Å²) >= 11 is 0. The molecule has 0 amide bonds. The lowest BCUT2D eigenvalue weighted by Crippen LogP contribution is -1.80. The van der Waals surface area contributed by atoms with Crippen molar-refractivity contribution in [3.63, 3.8) is 0 Å². The van der Waals surface area contributed by atoms with Gasteiger partial charge in [0.15, 0.2) is 0 Å². The summed E-state index contributed by atoms with van der Waals surface area (Å²) in [5, 5.41) is 0. The summed E-state index contributed by atoms with van der Waals surface area (Å²) in [5.74, 6) is 0. The molecule has 0 rings (SSSR count). The second kappa shape index (κ2) is 4.20. The van der Waals surface area contributed by atoms with Crippen LogP contribution < -0.4 is 0 Å². The van der Waals surface area contributed by atoms with E-state index < -0.39 is 0 Å². The maximum atomic E-state index is 3.30. The fourth-order valence-corrected chi connectivity index (χ4v) is 0.844. The molecule has 0 saturated heterocycles. The van der Waals surface area contributed by atoms with Crippen LogP contribution >= 0.6 is 0 Å². The highest BCUT2D eigenvalue weighted by Crippen LogP contribution is 2.12. The maximum absolute atomic E-state index is 3.30. The summed E-state index contributed by atoms with van der Waals surface area (Å²) in [6, 6.07) is 0. The molecule has 11 heavy (non-hydrogen) atoms. The van der Waals surface area contributed by atoms with E-state index in [1.165, 1.54) is 22.3 Å². The zero-order valence-corrected chi connectivity index (χ0v) is 8.50. The Morgan fingerprint density at radius 2 is 1.27 bits per heavy atom. The molecular weight excluding hydrogens is 132 g/mol. The van der Waals surface area contributed by atoms with E-state index in [9.17, 15) is 0 Å². The molecule has 0 radical (unpaired) electrons. The van der Waals surface area contributed by atoms with Gasteiger partial charge in [0.1, 0.15) is 0 Å². The predicted molar refractivity (Wildman–Crippen MR) is 51.6 cm³/mol. The Morgan fingerprint density at radius 3 is 1.55 bits per heavy atom. The van der Waals surface area contributed by atoms with Gasteiger partial charge in [-0.05, 0) is 58.3 Å².